The number of fused-ring (bicyclic) bond motifs is 1. The highest BCUT2D eigenvalue weighted by atomic mass is 16.5. The number of hydrogen-bond donors (Lipinski definition) is 1. The molecule has 1 aliphatic carbocycles. The first-order valence-electron chi connectivity index (χ1n) is 9.23. The van der Waals surface area contributed by atoms with Gasteiger partial charge in [0.05, 0.1) is 23.7 Å². The largest absolute Gasteiger partial charge is 0.494 e. The molecule has 0 amide bonds. The molecule has 1 aromatic carbocycles. The van der Waals surface area contributed by atoms with Gasteiger partial charge >= 0.3 is 0 Å². The molecule has 1 aliphatic heterocycles. The molecule has 4 rings (SSSR count). The van der Waals surface area contributed by atoms with Crippen molar-refractivity contribution in [2.24, 2.45) is 16.7 Å². The number of hydrogen-bond acceptors (Lipinski definition) is 3. The van der Waals surface area contributed by atoms with E-state index in [2.05, 4.69) is 27.7 Å². The summed E-state index contributed by atoms with van der Waals surface area (Å²) in [6, 6.07) is 7.80. The fourth-order valence-corrected chi connectivity index (χ4v) is 4.71. The Morgan fingerprint density at radius 3 is 2.52 bits per heavy atom. The lowest BCUT2D eigenvalue weighted by atomic mass is 10.0. The molecule has 0 radical (unpaired) electrons. The van der Waals surface area contributed by atoms with Crippen molar-refractivity contribution in [3.63, 3.8) is 0 Å². The van der Waals surface area contributed by atoms with E-state index >= 15 is 0 Å². The first kappa shape index (κ1) is 16.6. The van der Waals surface area contributed by atoms with Crippen molar-refractivity contribution in [2.75, 3.05) is 6.61 Å². The van der Waals surface area contributed by atoms with Gasteiger partial charge in [-0.05, 0) is 29.7 Å². The van der Waals surface area contributed by atoms with Crippen molar-refractivity contribution < 1.29 is 14.6 Å². The van der Waals surface area contributed by atoms with Gasteiger partial charge in [-0.25, -0.2) is 0 Å². The van der Waals surface area contributed by atoms with E-state index < -0.39 is 0 Å². The van der Waals surface area contributed by atoms with Crippen LogP contribution in [0.5, 0.6) is 5.88 Å². The third kappa shape index (κ3) is 2.27. The van der Waals surface area contributed by atoms with E-state index in [0.29, 0.717) is 12.1 Å². The first-order chi connectivity index (χ1) is 11.8. The second-order valence-corrected chi connectivity index (χ2v) is 8.70. The number of aromatic nitrogens is 1. The van der Waals surface area contributed by atoms with Crippen molar-refractivity contribution in [1.29, 1.82) is 0 Å². The number of Topliss-reactive ketones (excluding diaryl/α,β-unsaturated/α-hetero) is 1. The maximum Gasteiger partial charge on any atom is 0.203 e. The third-order valence-corrected chi connectivity index (χ3v) is 6.88. The van der Waals surface area contributed by atoms with E-state index in [9.17, 15) is 9.90 Å². The minimum Gasteiger partial charge on any atom is -0.494 e. The van der Waals surface area contributed by atoms with E-state index in [1.165, 1.54) is 0 Å². The number of benzene rings is 1. The average Bonchev–Trinajstić information content (AvgIpc) is 2.98. The predicted molar refractivity (Wildman–Crippen MR) is 98.0 cm³/mol. The van der Waals surface area contributed by atoms with Crippen LogP contribution in [-0.2, 0) is 11.3 Å². The van der Waals surface area contributed by atoms with Crippen LogP contribution >= 0.6 is 0 Å². The van der Waals surface area contributed by atoms with Gasteiger partial charge in [0, 0.05) is 17.9 Å². The lowest BCUT2D eigenvalue weighted by Gasteiger charge is -2.13. The number of rotatable bonds is 4. The van der Waals surface area contributed by atoms with E-state index in [1.54, 1.807) is 0 Å². The summed E-state index contributed by atoms with van der Waals surface area (Å²) in [5.74, 6) is 0.0999. The van der Waals surface area contributed by atoms with Crippen LogP contribution in [0.15, 0.2) is 24.3 Å². The van der Waals surface area contributed by atoms with Gasteiger partial charge in [0.1, 0.15) is 0 Å². The second-order valence-electron chi connectivity index (χ2n) is 8.70. The standard InChI is InChI=1S/C21H27NO3/c1-20(2)18(21(20,3)4)17(23)16-14-9-5-6-10-15(14)22(19(16)24)12-13-8-7-11-25-13/h5-6,9-10,13,18,24H,7-8,11-12H2,1-4H3/t13-/m1/s1. The molecule has 25 heavy (non-hydrogen) atoms. The normalized spacial score (nSPS) is 24.7. The van der Waals surface area contributed by atoms with Gasteiger partial charge in [0.25, 0.3) is 0 Å². The Balaban J connectivity index is 1.79. The molecule has 4 nitrogen and oxygen atoms in total. The Morgan fingerprint density at radius 2 is 1.92 bits per heavy atom. The first-order valence-corrected chi connectivity index (χ1v) is 9.23. The second kappa shape index (κ2) is 5.34. The van der Waals surface area contributed by atoms with Gasteiger partial charge < -0.3 is 14.4 Å². The van der Waals surface area contributed by atoms with Gasteiger partial charge in [0.2, 0.25) is 5.88 Å². The summed E-state index contributed by atoms with van der Waals surface area (Å²) in [7, 11) is 0. The molecule has 1 N–H and O–H groups in total. The third-order valence-electron chi connectivity index (χ3n) is 6.88. The quantitative estimate of drug-likeness (QED) is 0.839. The molecular formula is C21H27NO3. The Kier molecular flexibility index (Phi) is 3.56. The summed E-state index contributed by atoms with van der Waals surface area (Å²) >= 11 is 0. The molecule has 1 saturated carbocycles. The number of ketones is 1. The number of carbonyl (C=O) groups excluding carboxylic acids is 1. The van der Waals surface area contributed by atoms with Gasteiger partial charge in [-0.1, -0.05) is 45.9 Å². The number of para-hydroxylation sites is 1. The van der Waals surface area contributed by atoms with E-state index in [0.717, 1.165) is 30.4 Å². The van der Waals surface area contributed by atoms with Crippen molar-refractivity contribution >= 4 is 16.7 Å². The van der Waals surface area contributed by atoms with Gasteiger partial charge in [0.15, 0.2) is 5.78 Å². The van der Waals surface area contributed by atoms with Crippen molar-refractivity contribution in [1.82, 2.24) is 4.57 Å². The summed E-state index contributed by atoms with van der Waals surface area (Å²) in [4.78, 5) is 13.3. The highest BCUT2D eigenvalue weighted by Crippen LogP contribution is 2.69. The minimum absolute atomic E-state index is 0.0473. The van der Waals surface area contributed by atoms with Crippen LogP contribution in [0.25, 0.3) is 10.9 Å². The van der Waals surface area contributed by atoms with Crippen molar-refractivity contribution in [3.8, 4) is 5.88 Å². The molecule has 1 saturated heterocycles. The molecule has 2 fully saturated rings. The molecule has 2 aliphatic rings. The molecule has 0 spiro atoms. The molecule has 1 atom stereocenters. The van der Waals surface area contributed by atoms with Gasteiger partial charge in [-0.15, -0.1) is 0 Å². The molecule has 134 valence electrons. The van der Waals surface area contributed by atoms with Crippen LogP contribution in [0.2, 0.25) is 0 Å². The number of carbonyl (C=O) groups is 1. The molecule has 1 aromatic heterocycles. The SMILES string of the molecule is CC1(C)C(C(=O)c2c(O)n(C[C@H]3CCCO3)c3ccccc23)C1(C)C. The van der Waals surface area contributed by atoms with Gasteiger partial charge in [-0.2, -0.15) is 0 Å². The number of nitrogens with zero attached hydrogens (tertiary/aromatic N) is 1. The molecular weight excluding hydrogens is 314 g/mol. The van der Waals surface area contributed by atoms with E-state index in [1.807, 2.05) is 28.8 Å². The fourth-order valence-electron chi connectivity index (χ4n) is 4.71. The monoisotopic (exact) mass is 341 g/mol. The molecule has 2 heterocycles. The Morgan fingerprint density at radius 1 is 1.24 bits per heavy atom. The van der Waals surface area contributed by atoms with Gasteiger partial charge in [-0.3, -0.25) is 4.79 Å². The molecule has 4 heteroatoms. The van der Waals surface area contributed by atoms with Crippen LogP contribution in [0, 0.1) is 16.7 Å². The lowest BCUT2D eigenvalue weighted by molar-refractivity contribution is 0.0926. The minimum atomic E-state index is -0.0621. The maximum atomic E-state index is 13.3. The smallest absolute Gasteiger partial charge is 0.203 e. The summed E-state index contributed by atoms with van der Waals surface area (Å²) < 4.78 is 7.60. The summed E-state index contributed by atoms with van der Waals surface area (Å²) in [6.07, 6.45) is 2.16. The zero-order chi connectivity index (χ0) is 18.0. The predicted octanol–water partition coefficient (Wildman–Crippen LogP) is 4.39. The van der Waals surface area contributed by atoms with Crippen LogP contribution in [-0.4, -0.2) is 28.2 Å². The zero-order valence-electron chi connectivity index (χ0n) is 15.5. The average molecular weight is 341 g/mol. The summed E-state index contributed by atoms with van der Waals surface area (Å²) in [5.41, 5.74) is 1.30. The molecule has 2 aromatic rings. The number of ether oxygens (including phenoxy) is 1. The number of aromatic hydroxyl groups is 1. The Hall–Kier alpha value is -1.81. The van der Waals surface area contributed by atoms with Crippen molar-refractivity contribution in [3.05, 3.63) is 29.8 Å². The lowest BCUT2D eigenvalue weighted by Crippen LogP contribution is -2.15. The maximum absolute atomic E-state index is 13.3. The van der Waals surface area contributed by atoms with Crippen LogP contribution in [0.3, 0.4) is 0 Å². The Bertz CT molecular complexity index is 826. The molecule has 0 bridgehead atoms. The zero-order valence-corrected chi connectivity index (χ0v) is 15.5. The topological polar surface area (TPSA) is 51.5 Å². The van der Waals surface area contributed by atoms with Crippen LogP contribution in [0.1, 0.15) is 50.9 Å². The molecule has 0 unspecified atom stereocenters. The highest BCUT2D eigenvalue weighted by Gasteiger charge is 2.68. The van der Waals surface area contributed by atoms with E-state index in [4.69, 9.17) is 4.74 Å². The van der Waals surface area contributed by atoms with E-state index in [-0.39, 0.29) is 34.5 Å². The summed E-state index contributed by atoms with van der Waals surface area (Å²) in [6.45, 7) is 9.92. The van der Waals surface area contributed by atoms with Crippen LogP contribution in [0.4, 0.5) is 0 Å². The van der Waals surface area contributed by atoms with Crippen LogP contribution < -0.4 is 0 Å². The fraction of sp³-hybridized carbons (Fsp3) is 0.571. The van der Waals surface area contributed by atoms with Crippen molar-refractivity contribution in [2.45, 2.75) is 53.2 Å². The highest BCUT2D eigenvalue weighted by molar-refractivity contribution is 6.13. The Labute approximate surface area is 148 Å². The summed E-state index contributed by atoms with van der Waals surface area (Å²) in [5, 5.41) is 11.8.